The summed E-state index contributed by atoms with van der Waals surface area (Å²) in [7, 11) is 0. The van der Waals surface area contributed by atoms with Crippen LogP contribution in [0.15, 0.2) is 93.1 Å². The average Bonchev–Trinajstić information content (AvgIpc) is 4.11. The molecule has 0 aliphatic rings. The van der Waals surface area contributed by atoms with Crippen molar-refractivity contribution in [1.82, 2.24) is 50.8 Å². The molecule has 0 spiro atoms. The second kappa shape index (κ2) is 21.5. The number of hydrogen-bond donors (Lipinski definition) is 2. The number of benzene rings is 3. The number of aliphatic imine (C=N–C) groups is 2. The van der Waals surface area contributed by atoms with Gasteiger partial charge in [0.05, 0.1) is 24.7 Å². The molecule has 4 aromatic heterocycles. The predicted molar refractivity (Wildman–Crippen MR) is 234 cm³/mol. The fraction of sp³-hybridized carbons (Fsp3) is 0.300. The lowest BCUT2D eigenvalue weighted by molar-refractivity contribution is 0.306. The molecule has 2 N–H and O–H groups in total. The maximum atomic E-state index is 5.79. The number of hydrogen-bond acceptors (Lipinski definition) is 16. The molecule has 0 fully saturated rings. The van der Waals surface area contributed by atoms with Crippen molar-refractivity contribution in [3.05, 3.63) is 93.9 Å². The first-order valence-electron chi connectivity index (χ1n) is 19.0. The number of aromatic nitrogens is 10. The number of H-pyrrole nitrogens is 2. The Bertz CT molecular complexity index is 2190. The summed E-state index contributed by atoms with van der Waals surface area (Å²) < 4.78 is 11.6. The van der Waals surface area contributed by atoms with E-state index in [1.807, 2.05) is 72.8 Å². The van der Waals surface area contributed by atoms with Gasteiger partial charge in [0, 0.05) is 23.6 Å². The van der Waals surface area contributed by atoms with E-state index in [0.29, 0.717) is 43.7 Å². The Morgan fingerprint density at radius 2 is 1.00 bits per heavy atom. The molecule has 18 heteroatoms. The minimum atomic E-state index is 0.582. The Labute approximate surface area is 352 Å². The van der Waals surface area contributed by atoms with Crippen molar-refractivity contribution in [2.75, 3.05) is 13.2 Å². The van der Waals surface area contributed by atoms with Gasteiger partial charge >= 0.3 is 0 Å². The first kappa shape index (κ1) is 40.9. The molecule has 298 valence electrons. The van der Waals surface area contributed by atoms with Crippen LogP contribution < -0.4 is 9.47 Å². The van der Waals surface area contributed by atoms with Gasteiger partial charge in [0.25, 0.3) is 0 Å². The summed E-state index contributed by atoms with van der Waals surface area (Å²) >= 11 is 5.85. The van der Waals surface area contributed by atoms with Crippen LogP contribution in [0, 0.1) is 0 Å². The summed E-state index contributed by atoms with van der Waals surface area (Å²) in [6, 6.07) is 23.7. The van der Waals surface area contributed by atoms with Crippen LogP contribution in [-0.4, -0.2) is 76.4 Å². The second-order valence-corrected chi connectivity index (χ2v) is 16.8. The van der Waals surface area contributed by atoms with Crippen LogP contribution in [0.2, 0.25) is 0 Å². The fourth-order valence-corrected chi connectivity index (χ4v) is 8.21. The van der Waals surface area contributed by atoms with E-state index in [4.69, 9.17) is 9.47 Å². The number of rotatable bonds is 22. The zero-order valence-electron chi connectivity index (χ0n) is 32.1. The van der Waals surface area contributed by atoms with Gasteiger partial charge in [-0.25, -0.2) is 20.0 Å². The third-order valence-corrected chi connectivity index (χ3v) is 12.1. The standard InChI is InChI=1S/C40H42N12O2S4/c1-3-5-7-21-53-31-17-9-27(10-18-31)23-41-37-49-45-33(57-37)25-55-39-43-35(47-51-39)29-13-15-30(16-14-29)36-44-40(52-48-36)56-26-34-46-50-38(58-34)42-24-28-11-19-32(20-12-28)54-22-8-6-4-2/h9-20,23-24H,3-8,21-22,25-26H2,1-2H3,(H,43,47,51)(H,44,48,52)/b41-23+,42-24+. The van der Waals surface area contributed by atoms with E-state index < -0.39 is 0 Å². The molecule has 0 unspecified atom stereocenters. The Morgan fingerprint density at radius 3 is 1.41 bits per heavy atom. The van der Waals surface area contributed by atoms with Crippen molar-refractivity contribution in [2.24, 2.45) is 9.98 Å². The minimum Gasteiger partial charge on any atom is -0.494 e. The first-order chi connectivity index (χ1) is 28.6. The molecule has 7 rings (SSSR count). The average molecular weight is 851 g/mol. The number of nitrogens with zero attached hydrogens (tertiary/aromatic N) is 10. The molecule has 7 aromatic rings. The predicted octanol–water partition coefficient (Wildman–Crippen LogP) is 10.2. The van der Waals surface area contributed by atoms with Gasteiger partial charge in [0.2, 0.25) is 20.6 Å². The number of aromatic amines is 2. The van der Waals surface area contributed by atoms with E-state index in [1.165, 1.54) is 71.9 Å². The second-order valence-electron chi connectivity index (χ2n) is 12.8. The Kier molecular flexibility index (Phi) is 15.1. The third kappa shape index (κ3) is 12.3. The van der Waals surface area contributed by atoms with E-state index in [-0.39, 0.29) is 0 Å². The lowest BCUT2D eigenvalue weighted by Crippen LogP contribution is -1.96. The van der Waals surface area contributed by atoms with Gasteiger partial charge in [-0.2, -0.15) is 0 Å². The van der Waals surface area contributed by atoms with E-state index in [2.05, 4.69) is 74.6 Å². The molecular formula is C40H42N12O2S4. The molecule has 0 radical (unpaired) electrons. The van der Waals surface area contributed by atoms with Gasteiger partial charge in [0.15, 0.2) is 11.6 Å². The zero-order chi connectivity index (χ0) is 39.8. The van der Waals surface area contributed by atoms with Crippen molar-refractivity contribution in [2.45, 2.75) is 74.2 Å². The molecule has 0 saturated carbocycles. The zero-order valence-corrected chi connectivity index (χ0v) is 35.3. The molecule has 4 heterocycles. The van der Waals surface area contributed by atoms with E-state index in [9.17, 15) is 0 Å². The van der Waals surface area contributed by atoms with Crippen LogP contribution >= 0.6 is 46.2 Å². The maximum absolute atomic E-state index is 5.79. The minimum absolute atomic E-state index is 0.582. The van der Waals surface area contributed by atoms with Crippen molar-refractivity contribution in [3.8, 4) is 34.3 Å². The van der Waals surface area contributed by atoms with Crippen LogP contribution in [0.5, 0.6) is 11.5 Å². The molecule has 14 nitrogen and oxygen atoms in total. The molecule has 0 aliphatic heterocycles. The largest absolute Gasteiger partial charge is 0.494 e. The van der Waals surface area contributed by atoms with Crippen LogP contribution in [0.3, 0.4) is 0 Å². The molecule has 0 atom stereocenters. The molecule has 3 aromatic carbocycles. The quantitative estimate of drug-likeness (QED) is 0.0375. The Balaban J connectivity index is 0.840. The molecule has 0 bridgehead atoms. The highest BCUT2D eigenvalue weighted by Gasteiger charge is 2.12. The lowest BCUT2D eigenvalue weighted by Gasteiger charge is -2.05. The summed E-state index contributed by atoms with van der Waals surface area (Å²) in [6.45, 7) is 5.84. The van der Waals surface area contributed by atoms with Crippen molar-refractivity contribution >= 4 is 68.9 Å². The van der Waals surface area contributed by atoms with Crippen LogP contribution in [0.25, 0.3) is 22.8 Å². The van der Waals surface area contributed by atoms with Gasteiger partial charge in [0.1, 0.15) is 21.5 Å². The Morgan fingerprint density at radius 1 is 0.569 bits per heavy atom. The van der Waals surface area contributed by atoms with Crippen LogP contribution in [0.1, 0.15) is 73.5 Å². The lowest BCUT2D eigenvalue weighted by atomic mass is 10.1. The van der Waals surface area contributed by atoms with Gasteiger partial charge in [-0.15, -0.1) is 30.6 Å². The first-order valence-corrected chi connectivity index (χ1v) is 22.6. The van der Waals surface area contributed by atoms with Crippen molar-refractivity contribution in [1.29, 1.82) is 0 Å². The topological polar surface area (TPSA) is 178 Å². The molecule has 0 amide bonds. The van der Waals surface area contributed by atoms with Gasteiger partial charge in [-0.1, -0.05) is 110 Å². The normalized spacial score (nSPS) is 11.6. The van der Waals surface area contributed by atoms with Gasteiger partial charge in [-0.3, -0.25) is 10.2 Å². The van der Waals surface area contributed by atoms with Crippen molar-refractivity contribution < 1.29 is 9.47 Å². The molecule has 58 heavy (non-hydrogen) atoms. The number of unbranched alkanes of at least 4 members (excludes halogenated alkanes) is 4. The van der Waals surface area contributed by atoms with Crippen LogP contribution in [0.4, 0.5) is 10.3 Å². The monoisotopic (exact) mass is 850 g/mol. The summed E-state index contributed by atoms with van der Waals surface area (Å²) in [5, 5.41) is 36.0. The van der Waals surface area contributed by atoms with E-state index in [0.717, 1.165) is 69.8 Å². The van der Waals surface area contributed by atoms with Gasteiger partial charge in [-0.05, 0) is 72.5 Å². The van der Waals surface area contributed by atoms with E-state index in [1.54, 1.807) is 12.4 Å². The highest BCUT2D eigenvalue weighted by atomic mass is 32.2. The number of thioether (sulfide) groups is 2. The highest BCUT2D eigenvalue weighted by Crippen LogP contribution is 2.29. The van der Waals surface area contributed by atoms with E-state index >= 15 is 0 Å². The summed E-state index contributed by atoms with van der Waals surface area (Å²) in [5.41, 5.74) is 3.74. The molecule has 0 aliphatic carbocycles. The summed E-state index contributed by atoms with van der Waals surface area (Å²) in [4.78, 5) is 18.3. The fourth-order valence-electron chi connectivity index (χ4n) is 5.27. The third-order valence-electron chi connectivity index (χ3n) is 8.36. The highest BCUT2D eigenvalue weighted by molar-refractivity contribution is 7.98. The SMILES string of the molecule is CCCCCOc1ccc(/C=N/c2nnc(CSc3n[nH]c(-c4ccc(-c5nc(SCc6nnc(/N=C/c7ccc(OCCCCC)cc7)s6)n[nH]5)cc4)n3)s2)cc1. The Hall–Kier alpha value is -5.30. The number of nitrogens with one attached hydrogen (secondary N) is 2. The number of ether oxygens (including phenoxy) is 2. The van der Waals surface area contributed by atoms with Crippen molar-refractivity contribution in [3.63, 3.8) is 0 Å². The summed E-state index contributed by atoms with van der Waals surface area (Å²) in [5.74, 6) is 4.24. The molecule has 0 saturated heterocycles. The summed E-state index contributed by atoms with van der Waals surface area (Å²) in [6.07, 6.45) is 10.4. The maximum Gasteiger partial charge on any atom is 0.231 e. The van der Waals surface area contributed by atoms with Crippen LogP contribution in [-0.2, 0) is 11.5 Å². The van der Waals surface area contributed by atoms with Gasteiger partial charge < -0.3 is 9.47 Å². The molecular weight excluding hydrogens is 809 g/mol. The smallest absolute Gasteiger partial charge is 0.231 e.